The fraction of sp³-hybridized carbons (Fsp3) is 0.0833. The minimum Gasteiger partial charge on any atom is -0.508 e. The largest absolute Gasteiger partial charge is 0.508 e. The molecule has 1 aromatic carbocycles. The van der Waals surface area contributed by atoms with Crippen LogP contribution in [0.2, 0.25) is 0 Å². The van der Waals surface area contributed by atoms with Crippen LogP contribution in [-0.4, -0.2) is 22.7 Å². The van der Waals surface area contributed by atoms with E-state index in [1.807, 2.05) is 0 Å². The molecular formula is C12H13NO3. The van der Waals surface area contributed by atoms with Crippen molar-refractivity contribution in [1.29, 1.82) is 0 Å². The van der Waals surface area contributed by atoms with Crippen LogP contribution in [0.5, 0.6) is 11.5 Å². The predicted molar refractivity (Wildman–Crippen MR) is 62.0 cm³/mol. The van der Waals surface area contributed by atoms with E-state index < -0.39 is 0 Å². The second kappa shape index (κ2) is 5.60. The first kappa shape index (κ1) is 11.8. The molecule has 0 unspecified atom stereocenters. The van der Waals surface area contributed by atoms with Crippen LogP contribution in [0.3, 0.4) is 0 Å². The summed E-state index contributed by atoms with van der Waals surface area (Å²) in [7, 11) is 0. The van der Waals surface area contributed by atoms with Gasteiger partial charge in [0.2, 0.25) is 5.91 Å². The number of carbonyl (C=O) groups is 1. The van der Waals surface area contributed by atoms with Crippen molar-refractivity contribution in [3.8, 4) is 11.5 Å². The third kappa shape index (κ3) is 3.88. The van der Waals surface area contributed by atoms with E-state index in [9.17, 15) is 15.0 Å². The summed E-state index contributed by atoms with van der Waals surface area (Å²) in [4.78, 5) is 11.2. The maximum atomic E-state index is 11.2. The van der Waals surface area contributed by atoms with Gasteiger partial charge in [0.1, 0.15) is 11.5 Å². The van der Waals surface area contributed by atoms with Crippen LogP contribution in [0, 0.1) is 0 Å². The molecule has 16 heavy (non-hydrogen) atoms. The maximum absolute atomic E-state index is 11.2. The summed E-state index contributed by atoms with van der Waals surface area (Å²) in [6.45, 7) is 3.87. The quantitative estimate of drug-likeness (QED) is 0.529. The Labute approximate surface area is 93.5 Å². The van der Waals surface area contributed by atoms with Crippen LogP contribution < -0.4 is 5.32 Å². The lowest BCUT2D eigenvalue weighted by molar-refractivity contribution is -0.116. The molecule has 0 bridgehead atoms. The van der Waals surface area contributed by atoms with E-state index in [1.165, 1.54) is 30.4 Å². The summed E-state index contributed by atoms with van der Waals surface area (Å²) in [6.07, 6.45) is 4.39. The van der Waals surface area contributed by atoms with Gasteiger partial charge in [0.25, 0.3) is 0 Å². The van der Waals surface area contributed by atoms with Crippen molar-refractivity contribution >= 4 is 12.0 Å². The molecule has 4 nitrogen and oxygen atoms in total. The number of hydrogen-bond donors (Lipinski definition) is 3. The number of amides is 1. The molecule has 3 N–H and O–H groups in total. The molecule has 0 saturated heterocycles. The molecule has 0 radical (unpaired) electrons. The van der Waals surface area contributed by atoms with Gasteiger partial charge in [-0.25, -0.2) is 0 Å². The third-order valence-corrected chi connectivity index (χ3v) is 1.77. The molecule has 0 heterocycles. The Morgan fingerprint density at radius 2 is 1.94 bits per heavy atom. The van der Waals surface area contributed by atoms with Crippen molar-refractivity contribution < 1.29 is 15.0 Å². The minimum atomic E-state index is -0.261. The molecule has 1 amide bonds. The van der Waals surface area contributed by atoms with Gasteiger partial charge in [-0.05, 0) is 23.8 Å². The Bertz CT molecular complexity index is 404. The first-order chi connectivity index (χ1) is 7.61. The highest BCUT2D eigenvalue weighted by Gasteiger charge is 1.97. The highest BCUT2D eigenvalue weighted by molar-refractivity contribution is 5.91. The molecule has 0 saturated carbocycles. The van der Waals surface area contributed by atoms with E-state index >= 15 is 0 Å². The Morgan fingerprint density at radius 1 is 1.31 bits per heavy atom. The number of phenolic OH excluding ortho intramolecular Hbond substituents is 2. The molecule has 0 aromatic heterocycles. The van der Waals surface area contributed by atoms with E-state index in [4.69, 9.17) is 0 Å². The van der Waals surface area contributed by atoms with Crippen molar-refractivity contribution in [3.63, 3.8) is 0 Å². The van der Waals surface area contributed by atoms with Gasteiger partial charge in [-0.15, -0.1) is 6.58 Å². The Balaban J connectivity index is 2.68. The van der Waals surface area contributed by atoms with Crippen LogP contribution >= 0.6 is 0 Å². The summed E-state index contributed by atoms with van der Waals surface area (Å²) in [5.74, 6) is -0.361. The zero-order valence-electron chi connectivity index (χ0n) is 8.68. The van der Waals surface area contributed by atoms with Gasteiger partial charge in [-0.2, -0.15) is 0 Å². The lowest BCUT2D eigenvalue weighted by Crippen LogP contribution is -2.20. The summed E-state index contributed by atoms with van der Waals surface area (Å²) in [5.41, 5.74) is 0.547. The number of aromatic hydroxyl groups is 2. The van der Waals surface area contributed by atoms with Gasteiger partial charge in [-0.3, -0.25) is 4.79 Å². The number of benzene rings is 1. The molecular weight excluding hydrogens is 206 g/mol. The second-order valence-electron chi connectivity index (χ2n) is 3.15. The molecule has 0 atom stereocenters. The first-order valence-corrected chi connectivity index (χ1v) is 4.71. The van der Waals surface area contributed by atoms with Crippen molar-refractivity contribution in [2.45, 2.75) is 0 Å². The van der Waals surface area contributed by atoms with Crippen LogP contribution in [0.15, 0.2) is 36.9 Å². The fourth-order valence-electron chi connectivity index (χ4n) is 1.12. The summed E-state index contributed by atoms with van der Waals surface area (Å²) >= 11 is 0. The van der Waals surface area contributed by atoms with Crippen LogP contribution in [0.4, 0.5) is 0 Å². The fourth-order valence-corrected chi connectivity index (χ4v) is 1.12. The molecule has 84 valence electrons. The topological polar surface area (TPSA) is 69.6 Å². The summed E-state index contributed by atoms with van der Waals surface area (Å²) in [5, 5.41) is 20.9. The molecule has 1 rings (SSSR count). The Hall–Kier alpha value is -2.23. The average molecular weight is 219 g/mol. The maximum Gasteiger partial charge on any atom is 0.244 e. The molecule has 0 aliphatic rings. The molecule has 1 aromatic rings. The molecule has 4 heteroatoms. The highest BCUT2D eigenvalue weighted by Crippen LogP contribution is 2.20. The summed E-state index contributed by atoms with van der Waals surface area (Å²) in [6, 6.07) is 4.10. The molecule has 0 aliphatic heterocycles. The highest BCUT2D eigenvalue weighted by atomic mass is 16.3. The van der Waals surface area contributed by atoms with Gasteiger partial charge in [0.05, 0.1) is 0 Å². The van der Waals surface area contributed by atoms with E-state index in [-0.39, 0.29) is 17.4 Å². The lowest BCUT2D eigenvalue weighted by atomic mass is 10.2. The van der Waals surface area contributed by atoms with E-state index in [1.54, 1.807) is 6.08 Å². The molecule has 0 spiro atoms. The van der Waals surface area contributed by atoms with Gasteiger partial charge in [0, 0.05) is 18.7 Å². The predicted octanol–water partition coefficient (Wildman–Crippen LogP) is 1.41. The van der Waals surface area contributed by atoms with Crippen molar-refractivity contribution in [2.24, 2.45) is 0 Å². The zero-order chi connectivity index (χ0) is 12.0. The van der Waals surface area contributed by atoms with E-state index in [0.29, 0.717) is 12.1 Å². The van der Waals surface area contributed by atoms with Crippen LogP contribution in [0.25, 0.3) is 6.08 Å². The van der Waals surface area contributed by atoms with Crippen LogP contribution in [-0.2, 0) is 4.79 Å². The van der Waals surface area contributed by atoms with E-state index in [2.05, 4.69) is 11.9 Å². The minimum absolute atomic E-state index is 0.0499. The average Bonchev–Trinajstić information content (AvgIpc) is 2.22. The lowest BCUT2D eigenvalue weighted by Gasteiger charge is -1.98. The van der Waals surface area contributed by atoms with Crippen molar-refractivity contribution in [1.82, 2.24) is 5.32 Å². The number of nitrogens with one attached hydrogen (secondary N) is 1. The smallest absolute Gasteiger partial charge is 0.244 e. The Kier molecular flexibility index (Phi) is 4.15. The van der Waals surface area contributed by atoms with E-state index in [0.717, 1.165) is 0 Å². The standard InChI is InChI=1S/C12H13NO3/c1-2-5-13-12(16)4-3-9-6-10(14)8-11(15)7-9/h2-4,6-8,14-15H,1,5H2,(H,13,16). The Morgan fingerprint density at radius 3 is 2.50 bits per heavy atom. The van der Waals surface area contributed by atoms with Gasteiger partial charge < -0.3 is 15.5 Å². The van der Waals surface area contributed by atoms with Crippen molar-refractivity contribution in [2.75, 3.05) is 6.54 Å². The van der Waals surface area contributed by atoms with Gasteiger partial charge in [-0.1, -0.05) is 6.08 Å². The van der Waals surface area contributed by atoms with Crippen LogP contribution in [0.1, 0.15) is 5.56 Å². The number of phenols is 2. The van der Waals surface area contributed by atoms with Gasteiger partial charge >= 0.3 is 0 Å². The molecule has 0 aliphatic carbocycles. The summed E-state index contributed by atoms with van der Waals surface area (Å²) < 4.78 is 0. The molecule has 0 fully saturated rings. The number of carbonyl (C=O) groups excluding carboxylic acids is 1. The van der Waals surface area contributed by atoms with Crippen molar-refractivity contribution in [3.05, 3.63) is 42.5 Å². The monoisotopic (exact) mass is 219 g/mol. The van der Waals surface area contributed by atoms with Gasteiger partial charge in [0.15, 0.2) is 0 Å². The second-order valence-corrected chi connectivity index (χ2v) is 3.15. The third-order valence-electron chi connectivity index (χ3n) is 1.77. The zero-order valence-corrected chi connectivity index (χ0v) is 8.68. The SMILES string of the molecule is C=CCNC(=O)C=Cc1cc(O)cc(O)c1. The normalized spacial score (nSPS) is 10.2. The first-order valence-electron chi connectivity index (χ1n) is 4.71. The number of rotatable bonds is 4. The number of hydrogen-bond acceptors (Lipinski definition) is 3.